The summed E-state index contributed by atoms with van der Waals surface area (Å²) in [6, 6.07) is 8.88. The number of aliphatic carboxylic acids is 1. The third-order valence-electron chi connectivity index (χ3n) is 6.70. The van der Waals surface area contributed by atoms with Crippen LogP contribution in [-0.4, -0.2) is 65.0 Å². The number of benzene rings is 1. The number of hydrogen-bond acceptors (Lipinski definition) is 5. The van der Waals surface area contributed by atoms with Crippen LogP contribution in [0.25, 0.3) is 0 Å². The van der Waals surface area contributed by atoms with Crippen molar-refractivity contribution in [3.05, 3.63) is 47.4 Å². The highest BCUT2D eigenvalue weighted by Crippen LogP contribution is 2.34. The third-order valence-corrected chi connectivity index (χ3v) is 6.70. The second kappa shape index (κ2) is 16.5. The van der Waals surface area contributed by atoms with E-state index >= 15 is 0 Å². The predicted molar refractivity (Wildman–Crippen MR) is 145 cm³/mol. The van der Waals surface area contributed by atoms with E-state index in [1.807, 2.05) is 30.3 Å². The second-order valence-electron chi connectivity index (χ2n) is 9.83. The van der Waals surface area contributed by atoms with E-state index in [-0.39, 0.29) is 30.6 Å². The van der Waals surface area contributed by atoms with Gasteiger partial charge in [0.15, 0.2) is 12.4 Å². The zero-order valence-corrected chi connectivity index (χ0v) is 23.0. The van der Waals surface area contributed by atoms with Crippen LogP contribution in [0.1, 0.15) is 83.6 Å². The minimum Gasteiger partial charge on any atom is -0.480 e. The minimum absolute atomic E-state index is 0.0972. The first-order valence-corrected chi connectivity index (χ1v) is 13.7. The molecule has 1 saturated heterocycles. The van der Waals surface area contributed by atoms with Crippen LogP contribution in [0.15, 0.2) is 41.8 Å². The van der Waals surface area contributed by atoms with Crippen molar-refractivity contribution in [3.8, 4) is 0 Å². The van der Waals surface area contributed by atoms with Gasteiger partial charge in [-0.2, -0.15) is 0 Å². The number of rotatable bonds is 16. The molecule has 0 aromatic heterocycles. The Kier molecular flexibility index (Phi) is 13.4. The molecule has 2 aliphatic rings. The molecular weight excluding hydrogens is 486 g/mol. The molecule has 210 valence electrons. The molecule has 3 rings (SSSR count). The zero-order chi connectivity index (χ0) is 27.9. The topological polar surface area (TPSA) is 116 Å². The van der Waals surface area contributed by atoms with Crippen LogP contribution in [0.4, 0.5) is 0 Å². The quantitative estimate of drug-likeness (QED) is 0.245. The normalized spacial score (nSPS) is 14.2. The molecule has 2 heterocycles. The molecule has 1 aromatic rings. The van der Waals surface area contributed by atoms with Gasteiger partial charge in [-0.3, -0.25) is 19.3 Å². The molecule has 1 atom stereocenters. The summed E-state index contributed by atoms with van der Waals surface area (Å²) in [6.07, 6.45) is 9.04. The average molecular weight is 530 g/mol. The van der Waals surface area contributed by atoms with Crippen LogP contribution in [0.5, 0.6) is 0 Å². The van der Waals surface area contributed by atoms with Crippen molar-refractivity contribution < 1.29 is 29.0 Å². The van der Waals surface area contributed by atoms with E-state index in [2.05, 4.69) is 12.2 Å². The fourth-order valence-corrected chi connectivity index (χ4v) is 4.17. The number of nitrogens with zero attached hydrogens (tertiary/aromatic N) is 2. The maximum atomic E-state index is 12.3. The monoisotopic (exact) mass is 529 g/mol. The minimum atomic E-state index is -1.09. The summed E-state index contributed by atoms with van der Waals surface area (Å²) >= 11 is 0. The largest absolute Gasteiger partial charge is 0.480 e. The summed E-state index contributed by atoms with van der Waals surface area (Å²) in [5, 5.41) is 11.9. The van der Waals surface area contributed by atoms with Crippen molar-refractivity contribution in [3.63, 3.8) is 0 Å². The highest BCUT2D eigenvalue weighted by atomic mass is 16.5. The molecule has 2 N–H and O–H groups in total. The summed E-state index contributed by atoms with van der Waals surface area (Å²) in [7, 11) is 1.72. The number of ether oxygens (including phenoxy) is 1. The van der Waals surface area contributed by atoms with Gasteiger partial charge >= 0.3 is 5.97 Å². The van der Waals surface area contributed by atoms with E-state index in [9.17, 15) is 24.3 Å². The van der Waals surface area contributed by atoms with Gasteiger partial charge in [-0.15, -0.1) is 0 Å². The standard InChI is InChI=1S/C24H38N2O4.C5H5NO2/c1-3-4-5-6-7-8-12-15-22(27)25-21(24(29)30)16-17-23(28)26(2)19-18-20-13-10-9-11-14-20;1-3-4-5(7)6(4)2-8-3/h9-11,13-14,21H,3-8,12,15-19H2,1-2H3,(H,25,27)(H,29,30);2H2,1H3. The fourth-order valence-electron chi connectivity index (χ4n) is 4.17. The van der Waals surface area contributed by atoms with Gasteiger partial charge in [-0.25, -0.2) is 4.79 Å². The summed E-state index contributed by atoms with van der Waals surface area (Å²) in [4.78, 5) is 49.6. The van der Waals surface area contributed by atoms with Crippen LogP contribution in [0.2, 0.25) is 0 Å². The summed E-state index contributed by atoms with van der Waals surface area (Å²) in [6.45, 7) is 5.00. The molecule has 0 saturated carbocycles. The van der Waals surface area contributed by atoms with Crippen LogP contribution in [0.3, 0.4) is 0 Å². The second-order valence-corrected chi connectivity index (χ2v) is 9.83. The Labute approximate surface area is 226 Å². The lowest BCUT2D eigenvalue weighted by atomic mass is 10.1. The fraction of sp³-hybridized carbons (Fsp3) is 0.586. The summed E-state index contributed by atoms with van der Waals surface area (Å²) < 4.78 is 4.97. The van der Waals surface area contributed by atoms with Gasteiger partial charge in [-0.1, -0.05) is 75.8 Å². The van der Waals surface area contributed by atoms with Crippen molar-refractivity contribution in [2.24, 2.45) is 0 Å². The Morgan fingerprint density at radius 3 is 2.26 bits per heavy atom. The number of carboxylic acids is 1. The van der Waals surface area contributed by atoms with E-state index in [1.165, 1.54) is 25.7 Å². The first-order valence-electron chi connectivity index (χ1n) is 13.7. The van der Waals surface area contributed by atoms with Crippen LogP contribution >= 0.6 is 0 Å². The van der Waals surface area contributed by atoms with Gasteiger partial charge in [-0.05, 0) is 31.7 Å². The molecule has 2 aliphatic heterocycles. The van der Waals surface area contributed by atoms with Gasteiger partial charge in [0.05, 0.1) is 0 Å². The first kappa shape index (κ1) is 30.9. The number of amides is 3. The number of nitrogens with one attached hydrogen (secondary N) is 1. The van der Waals surface area contributed by atoms with Crippen LogP contribution < -0.4 is 5.32 Å². The van der Waals surface area contributed by atoms with Gasteiger partial charge in [0.1, 0.15) is 11.8 Å². The number of fused-ring (bicyclic) bond motifs is 1. The third kappa shape index (κ3) is 10.9. The number of unbranched alkanes of at least 4 members (excludes halogenated alkanes) is 6. The van der Waals surface area contributed by atoms with Gasteiger partial charge in [0, 0.05) is 26.4 Å². The van der Waals surface area contributed by atoms with Gasteiger partial charge < -0.3 is 20.1 Å². The Morgan fingerprint density at radius 2 is 1.71 bits per heavy atom. The van der Waals surface area contributed by atoms with E-state index in [4.69, 9.17) is 4.74 Å². The van der Waals surface area contributed by atoms with E-state index < -0.39 is 12.0 Å². The maximum absolute atomic E-state index is 12.3. The molecule has 0 bridgehead atoms. The highest BCUT2D eigenvalue weighted by molar-refractivity contribution is 6.10. The molecular formula is C29H43N3O6. The summed E-state index contributed by atoms with van der Waals surface area (Å²) in [5.74, 6) is -0.550. The lowest BCUT2D eigenvalue weighted by Crippen LogP contribution is -2.41. The number of likely N-dealkylation sites (N-methyl/N-ethyl adjacent to an activating group) is 1. The van der Waals surface area contributed by atoms with E-state index in [0.29, 0.717) is 19.7 Å². The number of carbonyl (C=O) groups is 4. The smallest absolute Gasteiger partial charge is 0.326 e. The van der Waals surface area contributed by atoms with E-state index in [1.54, 1.807) is 23.8 Å². The average Bonchev–Trinajstić information content (AvgIpc) is 3.39. The number of allylic oxidation sites excluding steroid dienone is 1. The highest BCUT2D eigenvalue weighted by Gasteiger charge is 2.46. The summed E-state index contributed by atoms with van der Waals surface area (Å²) in [5.41, 5.74) is 1.92. The van der Waals surface area contributed by atoms with Crippen LogP contribution in [-0.2, 0) is 30.3 Å². The predicted octanol–water partition coefficient (Wildman–Crippen LogP) is 4.23. The molecule has 9 nitrogen and oxygen atoms in total. The molecule has 0 radical (unpaired) electrons. The van der Waals surface area contributed by atoms with Gasteiger partial charge in [0.2, 0.25) is 11.8 Å². The lowest BCUT2D eigenvalue weighted by Gasteiger charge is -2.19. The molecule has 38 heavy (non-hydrogen) atoms. The SMILES string of the molecule is CC1=C2C(=O)N2CO1.CCCCCCCCCC(=O)NC(CCC(=O)N(C)CCc1ccccc1)C(=O)O. The van der Waals surface area contributed by atoms with Crippen molar-refractivity contribution in [2.75, 3.05) is 20.3 Å². The Morgan fingerprint density at radius 1 is 1.05 bits per heavy atom. The Balaban J connectivity index is 0.000000526. The van der Waals surface area contributed by atoms with Crippen molar-refractivity contribution in [1.29, 1.82) is 0 Å². The lowest BCUT2D eigenvalue weighted by molar-refractivity contribution is -0.142. The number of carbonyl (C=O) groups excluding carboxylic acids is 3. The Bertz CT molecular complexity index is 962. The molecule has 1 fully saturated rings. The molecule has 9 heteroatoms. The number of hydrogen-bond donors (Lipinski definition) is 2. The molecule has 1 aromatic carbocycles. The van der Waals surface area contributed by atoms with Crippen molar-refractivity contribution in [2.45, 2.75) is 90.5 Å². The molecule has 3 amide bonds. The van der Waals surface area contributed by atoms with E-state index in [0.717, 1.165) is 42.7 Å². The molecule has 0 aliphatic carbocycles. The molecule has 0 spiro atoms. The molecule has 1 unspecified atom stereocenters. The zero-order valence-electron chi connectivity index (χ0n) is 23.0. The number of carboxylic acid groups (broad SMARTS) is 1. The maximum Gasteiger partial charge on any atom is 0.326 e. The van der Waals surface area contributed by atoms with Crippen LogP contribution in [0, 0.1) is 0 Å². The van der Waals surface area contributed by atoms with Gasteiger partial charge in [0.25, 0.3) is 5.91 Å². The van der Waals surface area contributed by atoms with Crippen molar-refractivity contribution in [1.82, 2.24) is 15.1 Å². The van der Waals surface area contributed by atoms with Crippen molar-refractivity contribution >= 4 is 23.7 Å². The first-order chi connectivity index (χ1) is 18.2. The Hall–Kier alpha value is -3.36.